The maximum Gasteiger partial charge on any atom is 0.432 e. The largest absolute Gasteiger partial charge is 0.432 e. The van der Waals surface area contributed by atoms with Crippen molar-refractivity contribution in [3.05, 3.63) is 202 Å². The van der Waals surface area contributed by atoms with Crippen LogP contribution in [0.25, 0.3) is 33.4 Å². The molecule has 0 aromatic heterocycles. The smallest absolute Gasteiger partial charge is 0.429 e. The molecule has 0 heterocycles. The molecule has 7 aromatic carbocycles. The molecule has 0 spiro atoms. The molecule has 9 rings (SSSR count). The zero-order valence-electron chi connectivity index (χ0n) is 36.2. The number of hydrogen-bond acceptors (Lipinski definition) is 2. The molecule has 0 amide bonds. The number of alkyl halides is 4. The van der Waals surface area contributed by atoms with Crippen molar-refractivity contribution in [2.45, 2.75) is 51.2 Å². The summed E-state index contributed by atoms with van der Waals surface area (Å²) in [6.07, 6.45) is -3.87. The molecular formula is C53H35F15O2. The van der Waals surface area contributed by atoms with Crippen LogP contribution >= 0.6 is 0 Å². The molecule has 2 nitrogen and oxygen atoms in total. The van der Waals surface area contributed by atoms with Crippen molar-refractivity contribution >= 4 is 0 Å². The molecule has 0 saturated heterocycles. The van der Waals surface area contributed by atoms with E-state index in [2.05, 4.69) is 16.4 Å². The molecule has 0 radical (unpaired) electrons. The van der Waals surface area contributed by atoms with E-state index >= 15 is 0 Å². The summed E-state index contributed by atoms with van der Waals surface area (Å²) < 4.78 is 219. The van der Waals surface area contributed by atoms with Crippen molar-refractivity contribution < 1.29 is 75.3 Å². The van der Waals surface area contributed by atoms with Gasteiger partial charge in [-0.05, 0) is 119 Å². The van der Waals surface area contributed by atoms with Gasteiger partial charge in [0.05, 0.1) is 0 Å². The van der Waals surface area contributed by atoms with Crippen LogP contribution in [0.2, 0.25) is 0 Å². The summed E-state index contributed by atoms with van der Waals surface area (Å²) in [6.45, 7) is 2.16. The number of rotatable bonds is 13. The van der Waals surface area contributed by atoms with Gasteiger partial charge in [-0.2, -0.15) is 17.6 Å². The Morgan fingerprint density at radius 2 is 0.771 bits per heavy atom. The zero-order valence-corrected chi connectivity index (χ0v) is 36.2. The van der Waals surface area contributed by atoms with Gasteiger partial charge in [0.1, 0.15) is 51.7 Å². The van der Waals surface area contributed by atoms with Gasteiger partial charge in [-0.15, -0.1) is 0 Å². The number of halogens is 15. The van der Waals surface area contributed by atoms with Gasteiger partial charge in [0, 0.05) is 29.8 Å². The van der Waals surface area contributed by atoms with E-state index in [0.717, 1.165) is 42.5 Å². The lowest BCUT2D eigenvalue weighted by Crippen LogP contribution is -2.25. The maximum atomic E-state index is 15.0. The first kappa shape index (κ1) is 49.5. The summed E-state index contributed by atoms with van der Waals surface area (Å²) >= 11 is 0. The van der Waals surface area contributed by atoms with Gasteiger partial charge in [0.25, 0.3) is 0 Å². The van der Waals surface area contributed by atoms with Gasteiger partial charge in [-0.25, -0.2) is 48.3 Å². The minimum absolute atomic E-state index is 0.0322. The van der Waals surface area contributed by atoms with Gasteiger partial charge in [0.15, 0.2) is 34.9 Å². The van der Waals surface area contributed by atoms with E-state index in [1.807, 2.05) is 36.4 Å². The highest BCUT2D eigenvalue weighted by Gasteiger charge is 2.43. The van der Waals surface area contributed by atoms with Crippen LogP contribution in [-0.4, -0.2) is 0 Å². The topological polar surface area (TPSA) is 18.5 Å². The van der Waals surface area contributed by atoms with Crippen LogP contribution in [0.5, 0.6) is 11.5 Å². The van der Waals surface area contributed by atoms with Gasteiger partial charge < -0.3 is 9.47 Å². The van der Waals surface area contributed by atoms with Gasteiger partial charge >= 0.3 is 12.2 Å². The Morgan fingerprint density at radius 1 is 0.414 bits per heavy atom. The lowest BCUT2D eigenvalue weighted by atomic mass is 9.97. The number of benzene rings is 7. The van der Waals surface area contributed by atoms with Gasteiger partial charge in [0.2, 0.25) is 0 Å². The summed E-state index contributed by atoms with van der Waals surface area (Å²) in [7, 11) is 0. The highest BCUT2D eigenvalue weighted by atomic mass is 19.3. The third-order valence-corrected chi connectivity index (χ3v) is 11.9. The Morgan fingerprint density at radius 3 is 1.16 bits per heavy atom. The van der Waals surface area contributed by atoms with Crippen LogP contribution in [0.3, 0.4) is 0 Å². The minimum atomic E-state index is -4.74. The van der Waals surface area contributed by atoms with Crippen LogP contribution in [-0.2, 0) is 25.1 Å². The van der Waals surface area contributed by atoms with E-state index in [1.54, 1.807) is 12.1 Å². The quantitative estimate of drug-likeness (QED) is 0.0847. The predicted molar refractivity (Wildman–Crippen MR) is 228 cm³/mol. The Kier molecular flexibility index (Phi) is 13.8. The van der Waals surface area contributed by atoms with E-state index in [-0.39, 0.29) is 41.0 Å². The molecule has 0 aliphatic heterocycles. The highest BCUT2D eigenvalue weighted by Crippen LogP contribution is 2.42. The van der Waals surface area contributed by atoms with Crippen molar-refractivity contribution in [1.82, 2.24) is 0 Å². The van der Waals surface area contributed by atoms with Crippen molar-refractivity contribution in [2.24, 2.45) is 17.8 Å². The van der Waals surface area contributed by atoms with Crippen molar-refractivity contribution in [1.29, 1.82) is 0 Å². The molecule has 2 fully saturated rings. The lowest BCUT2D eigenvalue weighted by molar-refractivity contribution is -0.190. The molecule has 2 unspecified atom stereocenters. The first-order chi connectivity index (χ1) is 33.1. The fraction of sp³-hybridized carbons (Fsp3) is 0.208. The summed E-state index contributed by atoms with van der Waals surface area (Å²) in [5, 5.41) is 0. The highest BCUT2D eigenvalue weighted by molar-refractivity contribution is 5.72. The van der Waals surface area contributed by atoms with Crippen molar-refractivity contribution in [3.8, 4) is 44.9 Å². The molecular weight excluding hydrogens is 954 g/mol. The van der Waals surface area contributed by atoms with Crippen LogP contribution in [0.4, 0.5) is 65.9 Å². The zero-order chi connectivity index (χ0) is 50.4. The molecule has 0 N–H and O–H groups in total. The van der Waals surface area contributed by atoms with E-state index in [0.29, 0.717) is 41.0 Å². The third kappa shape index (κ3) is 11.1. The molecule has 17 heteroatoms. The fourth-order valence-electron chi connectivity index (χ4n) is 7.84. The SMILES string of the molecule is CC1CC1Cc1ccc(-c2cc(F)c(C(F)(F)Oc3cc(F)c(F)c(F)c3)c(F)c2)cc1.Fc1cc(-c2ccc(CC3CC3)cc2)ccc1-c1cc(F)c(C(F)(F)Oc2cc(F)c(F)c(F)c2)c(F)c1. The predicted octanol–water partition coefficient (Wildman–Crippen LogP) is 16.3. The monoisotopic (exact) mass is 988 g/mol. The van der Waals surface area contributed by atoms with Gasteiger partial charge in [-0.1, -0.05) is 67.6 Å². The molecule has 2 saturated carbocycles. The Hall–Kier alpha value is -6.91. The maximum absolute atomic E-state index is 15.0. The van der Waals surface area contributed by atoms with Crippen LogP contribution in [0.1, 0.15) is 48.4 Å². The molecule has 2 atom stereocenters. The average molecular weight is 989 g/mol. The van der Waals surface area contributed by atoms with Crippen LogP contribution < -0.4 is 9.47 Å². The lowest BCUT2D eigenvalue weighted by Gasteiger charge is -2.20. The molecule has 2 aliphatic carbocycles. The summed E-state index contributed by atoms with van der Waals surface area (Å²) in [4.78, 5) is 0. The normalized spacial score (nSPS) is 15.6. The second-order valence-electron chi connectivity index (χ2n) is 17.2. The Balaban J connectivity index is 0.000000191. The first-order valence-corrected chi connectivity index (χ1v) is 21.5. The Labute approximate surface area is 389 Å². The fourth-order valence-corrected chi connectivity index (χ4v) is 7.84. The molecule has 0 bridgehead atoms. The second kappa shape index (κ2) is 19.5. The van der Waals surface area contributed by atoms with Crippen LogP contribution in [0, 0.1) is 81.7 Å². The standard InChI is InChI=1S/C29H18F8O.C24H17F7O/c30-22-10-18(17-5-3-16(4-6-17)9-15-1-2-15)7-8-21(22)19-11-23(31)27(24(32)12-19)29(36,37)38-20-13-25(33)28(35)26(34)14-20;1-12-6-15(12)7-13-2-4-14(5-3-13)16-8-18(25)22(19(26)9-16)24(30,31)32-17-10-20(27)23(29)21(28)11-17/h3-8,10-15H,1-2,9H2;2-5,8-12,15H,6-7H2,1H3. The summed E-state index contributed by atoms with van der Waals surface area (Å²) in [5.41, 5.74) is -0.250. The van der Waals surface area contributed by atoms with E-state index in [4.69, 9.17) is 0 Å². The summed E-state index contributed by atoms with van der Waals surface area (Å²) in [5.74, 6) is -19.0. The number of ether oxygens (including phenoxy) is 2. The molecule has 364 valence electrons. The van der Waals surface area contributed by atoms with E-state index in [1.165, 1.54) is 36.6 Å². The first-order valence-electron chi connectivity index (χ1n) is 21.5. The van der Waals surface area contributed by atoms with Gasteiger partial charge in [-0.3, -0.25) is 0 Å². The van der Waals surface area contributed by atoms with Crippen molar-refractivity contribution in [3.63, 3.8) is 0 Å². The Bertz CT molecular complexity index is 2990. The number of hydrogen-bond donors (Lipinski definition) is 0. The summed E-state index contributed by atoms with van der Waals surface area (Å²) in [6, 6.07) is 21.5. The third-order valence-electron chi connectivity index (χ3n) is 11.9. The van der Waals surface area contributed by atoms with Crippen molar-refractivity contribution in [2.75, 3.05) is 0 Å². The van der Waals surface area contributed by atoms with E-state index < -0.39 is 98.8 Å². The molecule has 70 heavy (non-hydrogen) atoms. The molecule has 2 aliphatic rings. The second-order valence-corrected chi connectivity index (χ2v) is 17.2. The molecule has 7 aromatic rings. The average Bonchev–Trinajstić information content (AvgIpc) is 4.23. The van der Waals surface area contributed by atoms with Crippen LogP contribution in [0.15, 0.2) is 115 Å². The van der Waals surface area contributed by atoms with E-state index in [9.17, 15) is 65.9 Å². The minimum Gasteiger partial charge on any atom is -0.429 e.